The zero-order valence-electron chi connectivity index (χ0n) is 15.8. The molecule has 1 saturated carbocycles. The lowest BCUT2D eigenvalue weighted by molar-refractivity contribution is -0.119. The summed E-state index contributed by atoms with van der Waals surface area (Å²) in [7, 11) is 0. The number of carbonyl (C=O) groups is 1. The van der Waals surface area contributed by atoms with E-state index in [9.17, 15) is 4.79 Å². The highest BCUT2D eigenvalue weighted by Crippen LogP contribution is 2.41. The minimum atomic E-state index is 0.0113. The van der Waals surface area contributed by atoms with Crippen LogP contribution in [-0.2, 0) is 4.79 Å². The van der Waals surface area contributed by atoms with Crippen LogP contribution < -0.4 is 5.32 Å². The van der Waals surface area contributed by atoms with Crippen LogP contribution in [0, 0.1) is 26.7 Å². The van der Waals surface area contributed by atoms with Crippen molar-refractivity contribution in [2.75, 3.05) is 5.75 Å². The monoisotopic (exact) mass is 381 g/mol. The van der Waals surface area contributed by atoms with Crippen LogP contribution in [-0.4, -0.2) is 31.2 Å². The molecule has 0 saturated heterocycles. The Morgan fingerprint density at radius 3 is 2.67 bits per heavy atom. The highest BCUT2D eigenvalue weighted by molar-refractivity contribution is 7.99. The van der Waals surface area contributed by atoms with E-state index in [1.165, 1.54) is 35.7 Å². The van der Waals surface area contributed by atoms with Gasteiger partial charge in [-0.25, -0.2) is 9.50 Å². The summed E-state index contributed by atoms with van der Waals surface area (Å²) in [5.74, 6) is 1.43. The van der Waals surface area contributed by atoms with Crippen LogP contribution in [0.25, 0.3) is 5.78 Å². The lowest BCUT2D eigenvalue weighted by atomic mass is 10.0. The lowest BCUT2D eigenvalue weighted by Crippen LogP contribution is -2.31. The van der Waals surface area contributed by atoms with Crippen molar-refractivity contribution in [2.45, 2.75) is 44.8 Å². The zero-order chi connectivity index (χ0) is 19.0. The number of aryl methyl sites for hydroxylation is 3. The highest BCUT2D eigenvalue weighted by Gasteiger charge is 2.33. The molecule has 140 valence electrons. The van der Waals surface area contributed by atoms with E-state index >= 15 is 0 Å². The molecule has 1 aromatic carbocycles. The van der Waals surface area contributed by atoms with E-state index in [0.29, 0.717) is 22.6 Å². The minimum absolute atomic E-state index is 0.0113. The molecular formula is C20H23N5OS. The normalized spacial score (nSPS) is 15.1. The first-order valence-electron chi connectivity index (χ1n) is 9.19. The van der Waals surface area contributed by atoms with Crippen molar-refractivity contribution in [3.05, 3.63) is 52.8 Å². The topological polar surface area (TPSA) is 72.2 Å². The summed E-state index contributed by atoms with van der Waals surface area (Å²) < 4.78 is 1.71. The lowest BCUT2D eigenvalue weighted by Gasteiger charge is -2.18. The maximum absolute atomic E-state index is 12.5. The van der Waals surface area contributed by atoms with Gasteiger partial charge in [0.15, 0.2) is 0 Å². The molecule has 4 rings (SSSR count). The van der Waals surface area contributed by atoms with Gasteiger partial charge in [0, 0.05) is 11.4 Å². The van der Waals surface area contributed by atoms with Crippen LogP contribution in [0.2, 0.25) is 0 Å². The molecule has 0 radical (unpaired) electrons. The highest BCUT2D eigenvalue weighted by atomic mass is 32.2. The molecule has 2 aromatic heterocycles. The predicted molar refractivity (Wildman–Crippen MR) is 106 cm³/mol. The number of hydrogen-bond donors (Lipinski definition) is 1. The van der Waals surface area contributed by atoms with Gasteiger partial charge in [0.1, 0.15) is 0 Å². The average molecular weight is 382 g/mol. The van der Waals surface area contributed by atoms with E-state index in [1.807, 2.05) is 19.9 Å². The van der Waals surface area contributed by atoms with Crippen molar-refractivity contribution in [1.82, 2.24) is 24.9 Å². The van der Waals surface area contributed by atoms with Crippen LogP contribution in [0.1, 0.15) is 41.4 Å². The van der Waals surface area contributed by atoms with Gasteiger partial charge in [-0.1, -0.05) is 41.6 Å². The molecule has 1 fully saturated rings. The number of nitrogens with one attached hydrogen (secondary N) is 1. The quantitative estimate of drug-likeness (QED) is 0.663. The summed E-state index contributed by atoms with van der Waals surface area (Å²) in [6.45, 7) is 5.98. The Morgan fingerprint density at radius 2 is 1.96 bits per heavy atom. The standard InChI is InChI=1S/C20H23N5OS/c1-12-4-6-15(7-5-12)18(16-8-9-16)22-17(26)11-27-20-23-19-21-13(2)10-14(3)25(19)24-20/h4-7,10,16,18H,8-9,11H2,1-3H3,(H,22,26). The first-order chi connectivity index (χ1) is 13.0. The molecule has 1 N–H and O–H groups in total. The smallest absolute Gasteiger partial charge is 0.253 e. The fourth-order valence-corrected chi connectivity index (χ4v) is 3.86. The summed E-state index contributed by atoms with van der Waals surface area (Å²) in [6, 6.07) is 10.5. The Bertz CT molecular complexity index is 978. The van der Waals surface area contributed by atoms with Crippen molar-refractivity contribution in [3.63, 3.8) is 0 Å². The molecule has 1 atom stereocenters. The SMILES string of the molecule is Cc1ccc(C(NC(=O)CSc2nc3nc(C)cc(C)n3n2)C2CC2)cc1. The fourth-order valence-electron chi connectivity index (χ4n) is 3.23. The van der Waals surface area contributed by atoms with Gasteiger partial charge in [0.25, 0.3) is 5.78 Å². The second kappa shape index (κ2) is 7.31. The van der Waals surface area contributed by atoms with E-state index in [1.54, 1.807) is 4.52 Å². The Balaban J connectivity index is 1.41. The molecule has 0 bridgehead atoms. The second-order valence-electron chi connectivity index (χ2n) is 7.23. The van der Waals surface area contributed by atoms with E-state index in [4.69, 9.17) is 0 Å². The zero-order valence-corrected chi connectivity index (χ0v) is 16.6. The van der Waals surface area contributed by atoms with Crippen LogP contribution in [0.5, 0.6) is 0 Å². The molecule has 27 heavy (non-hydrogen) atoms. The van der Waals surface area contributed by atoms with Crippen molar-refractivity contribution in [1.29, 1.82) is 0 Å². The van der Waals surface area contributed by atoms with Crippen molar-refractivity contribution in [3.8, 4) is 0 Å². The number of fused-ring (bicyclic) bond motifs is 1. The number of rotatable bonds is 6. The van der Waals surface area contributed by atoms with Gasteiger partial charge >= 0.3 is 0 Å². The van der Waals surface area contributed by atoms with Crippen LogP contribution in [0.4, 0.5) is 0 Å². The van der Waals surface area contributed by atoms with E-state index in [-0.39, 0.29) is 11.9 Å². The molecule has 6 nitrogen and oxygen atoms in total. The maximum Gasteiger partial charge on any atom is 0.253 e. The van der Waals surface area contributed by atoms with Gasteiger partial charge in [0.2, 0.25) is 11.1 Å². The largest absolute Gasteiger partial charge is 0.348 e. The fraction of sp³-hybridized carbons (Fsp3) is 0.400. The number of hydrogen-bond acceptors (Lipinski definition) is 5. The van der Waals surface area contributed by atoms with Crippen LogP contribution >= 0.6 is 11.8 Å². The molecule has 1 aliphatic carbocycles. The Labute approximate surface area is 162 Å². The van der Waals surface area contributed by atoms with Gasteiger partial charge in [0.05, 0.1) is 11.8 Å². The molecule has 0 aliphatic heterocycles. The Hall–Kier alpha value is -2.41. The molecule has 3 aromatic rings. The van der Waals surface area contributed by atoms with Crippen molar-refractivity contribution >= 4 is 23.4 Å². The first kappa shape index (κ1) is 18.0. The van der Waals surface area contributed by atoms with E-state index in [0.717, 1.165) is 11.4 Å². The number of thioether (sulfide) groups is 1. The first-order valence-corrected chi connectivity index (χ1v) is 10.2. The van der Waals surface area contributed by atoms with E-state index in [2.05, 4.69) is 51.6 Å². The molecule has 1 amide bonds. The third-order valence-corrected chi connectivity index (χ3v) is 5.62. The molecule has 2 heterocycles. The van der Waals surface area contributed by atoms with Gasteiger partial charge in [-0.15, -0.1) is 5.10 Å². The summed E-state index contributed by atoms with van der Waals surface area (Å²) in [5.41, 5.74) is 4.30. The van der Waals surface area contributed by atoms with Crippen LogP contribution in [0.15, 0.2) is 35.5 Å². The molecule has 1 aliphatic rings. The van der Waals surface area contributed by atoms with Gasteiger partial charge in [-0.05, 0) is 51.2 Å². The summed E-state index contributed by atoms with van der Waals surface area (Å²) in [4.78, 5) is 21.3. The number of aromatic nitrogens is 4. The molecular weight excluding hydrogens is 358 g/mol. The average Bonchev–Trinajstić information content (AvgIpc) is 3.38. The summed E-state index contributed by atoms with van der Waals surface area (Å²) >= 11 is 1.35. The van der Waals surface area contributed by atoms with Gasteiger partial charge in [-0.3, -0.25) is 4.79 Å². The number of amides is 1. The predicted octanol–water partition coefficient (Wildman–Crippen LogP) is 3.41. The molecule has 0 spiro atoms. The van der Waals surface area contributed by atoms with Crippen LogP contribution in [0.3, 0.4) is 0 Å². The summed E-state index contributed by atoms with van der Waals surface area (Å²) in [6.07, 6.45) is 2.34. The van der Waals surface area contributed by atoms with Crippen molar-refractivity contribution < 1.29 is 4.79 Å². The minimum Gasteiger partial charge on any atom is -0.348 e. The second-order valence-corrected chi connectivity index (χ2v) is 8.17. The van der Waals surface area contributed by atoms with Gasteiger partial charge in [-0.2, -0.15) is 4.98 Å². The Morgan fingerprint density at radius 1 is 1.22 bits per heavy atom. The Kier molecular flexibility index (Phi) is 4.86. The number of benzene rings is 1. The van der Waals surface area contributed by atoms with Gasteiger partial charge < -0.3 is 5.32 Å². The van der Waals surface area contributed by atoms with Crippen molar-refractivity contribution in [2.24, 2.45) is 5.92 Å². The summed E-state index contributed by atoms with van der Waals surface area (Å²) in [5, 5.41) is 8.22. The number of carbonyl (C=O) groups excluding carboxylic acids is 1. The third kappa shape index (κ3) is 4.13. The van der Waals surface area contributed by atoms with E-state index < -0.39 is 0 Å². The third-order valence-electron chi connectivity index (χ3n) is 4.78. The molecule has 1 unspecified atom stereocenters. The number of nitrogens with zero attached hydrogens (tertiary/aromatic N) is 4. The molecule has 7 heteroatoms. The maximum atomic E-state index is 12.5.